The average molecular weight is 277 g/mol. The second kappa shape index (κ2) is 6.69. The normalized spacial score (nSPS) is 18.7. The molecule has 0 aromatic heterocycles. The van der Waals surface area contributed by atoms with E-state index in [4.69, 9.17) is 5.73 Å². The fourth-order valence-electron chi connectivity index (χ4n) is 2.28. The summed E-state index contributed by atoms with van der Waals surface area (Å²) < 4.78 is 0. The Morgan fingerprint density at radius 1 is 1.20 bits per heavy atom. The molecule has 1 atom stereocenters. The number of urea groups is 1. The van der Waals surface area contributed by atoms with Gasteiger partial charge in [-0.15, -0.1) is 0 Å². The van der Waals surface area contributed by atoms with E-state index in [1.165, 1.54) is 5.56 Å². The lowest BCUT2D eigenvalue weighted by Gasteiger charge is -2.34. The van der Waals surface area contributed by atoms with Crippen molar-refractivity contribution in [2.45, 2.75) is 13.0 Å². The number of rotatable bonds is 4. The second-order valence-electron chi connectivity index (χ2n) is 5.25. The number of hydrogen-bond acceptors (Lipinski definition) is 4. The third-order valence-electron chi connectivity index (χ3n) is 3.56. The summed E-state index contributed by atoms with van der Waals surface area (Å²) in [6.07, 6.45) is 0. The topological polar surface area (TPSA) is 73.6 Å². The van der Waals surface area contributed by atoms with Crippen molar-refractivity contribution in [1.82, 2.24) is 15.3 Å². The van der Waals surface area contributed by atoms with Crippen molar-refractivity contribution in [3.05, 3.63) is 29.8 Å². The van der Waals surface area contributed by atoms with Crippen LogP contribution >= 0.6 is 0 Å². The summed E-state index contributed by atoms with van der Waals surface area (Å²) in [6.45, 7) is 6.36. The summed E-state index contributed by atoms with van der Waals surface area (Å²) in [5, 5.41) is 4.82. The lowest BCUT2D eigenvalue weighted by atomic mass is 10.1. The lowest BCUT2D eigenvalue weighted by molar-refractivity contribution is 0.0899. The van der Waals surface area contributed by atoms with Crippen LogP contribution in [0.4, 0.5) is 10.5 Å². The number of nitrogens with two attached hydrogens (primary N) is 1. The van der Waals surface area contributed by atoms with E-state index < -0.39 is 6.03 Å². The molecule has 1 unspecified atom stereocenters. The quantitative estimate of drug-likeness (QED) is 0.767. The number of nitrogens with one attached hydrogen (secondary N) is 2. The van der Waals surface area contributed by atoms with Crippen LogP contribution in [0.15, 0.2) is 24.3 Å². The molecule has 0 spiro atoms. The van der Waals surface area contributed by atoms with Crippen LogP contribution in [0, 0.1) is 0 Å². The molecule has 1 fully saturated rings. The number of primary amides is 1. The largest absolute Gasteiger partial charge is 0.351 e. The first kappa shape index (κ1) is 14.8. The van der Waals surface area contributed by atoms with Crippen LogP contribution in [0.1, 0.15) is 18.5 Å². The first-order valence-corrected chi connectivity index (χ1v) is 6.90. The van der Waals surface area contributed by atoms with Gasteiger partial charge in [-0.25, -0.2) is 15.2 Å². The van der Waals surface area contributed by atoms with Crippen LogP contribution in [0.2, 0.25) is 0 Å². The van der Waals surface area contributed by atoms with E-state index >= 15 is 0 Å². The smallest absolute Gasteiger partial charge is 0.316 e. The van der Waals surface area contributed by atoms with Crippen LogP contribution in [0.5, 0.6) is 0 Å². The molecule has 4 N–H and O–H groups in total. The maximum Gasteiger partial charge on any atom is 0.316 e. The van der Waals surface area contributed by atoms with Crippen molar-refractivity contribution in [2.75, 3.05) is 38.5 Å². The summed E-state index contributed by atoms with van der Waals surface area (Å²) in [4.78, 5) is 13.1. The predicted octanol–water partition coefficient (Wildman–Crippen LogP) is 0.990. The molecule has 1 aliphatic rings. The summed E-state index contributed by atoms with van der Waals surface area (Å²) in [7, 11) is 2.14. The van der Waals surface area contributed by atoms with E-state index in [-0.39, 0.29) is 6.04 Å². The van der Waals surface area contributed by atoms with E-state index in [2.05, 4.69) is 34.6 Å². The van der Waals surface area contributed by atoms with E-state index in [0.717, 1.165) is 26.2 Å². The third-order valence-corrected chi connectivity index (χ3v) is 3.56. The molecule has 6 heteroatoms. The maximum atomic E-state index is 10.8. The number of anilines is 1. The predicted molar refractivity (Wildman–Crippen MR) is 80.3 cm³/mol. The Kier molecular flexibility index (Phi) is 4.94. The minimum atomic E-state index is -0.540. The summed E-state index contributed by atoms with van der Waals surface area (Å²) >= 11 is 0. The highest BCUT2D eigenvalue weighted by molar-refractivity contribution is 5.87. The molecular formula is C14H23N5O. The van der Waals surface area contributed by atoms with Gasteiger partial charge in [0.15, 0.2) is 0 Å². The molecule has 0 aliphatic carbocycles. The van der Waals surface area contributed by atoms with Crippen molar-refractivity contribution in [3.8, 4) is 0 Å². The number of hydrogen-bond donors (Lipinski definition) is 3. The molecule has 1 saturated heterocycles. The minimum Gasteiger partial charge on any atom is -0.351 e. The molecule has 0 saturated carbocycles. The number of benzene rings is 1. The average Bonchev–Trinajstić information content (AvgIpc) is 2.41. The zero-order valence-corrected chi connectivity index (χ0v) is 12.1. The Morgan fingerprint density at radius 3 is 2.35 bits per heavy atom. The van der Waals surface area contributed by atoms with E-state index in [1.807, 2.05) is 24.3 Å². The Hall–Kier alpha value is -1.63. The Bertz CT molecular complexity index is 439. The zero-order valence-electron chi connectivity index (χ0n) is 12.1. The Morgan fingerprint density at radius 2 is 1.80 bits per heavy atom. The summed E-state index contributed by atoms with van der Waals surface area (Å²) in [5.74, 6) is 0. The molecule has 1 aromatic rings. The van der Waals surface area contributed by atoms with Crippen LogP contribution in [-0.4, -0.2) is 49.2 Å². The van der Waals surface area contributed by atoms with Crippen LogP contribution in [-0.2, 0) is 0 Å². The molecule has 6 nitrogen and oxygen atoms in total. The van der Waals surface area contributed by atoms with Gasteiger partial charge in [0.1, 0.15) is 0 Å². The van der Waals surface area contributed by atoms with Crippen molar-refractivity contribution >= 4 is 11.7 Å². The monoisotopic (exact) mass is 277 g/mol. The van der Waals surface area contributed by atoms with E-state index in [9.17, 15) is 4.79 Å². The second-order valence-corrected chi connectivity index (χ2v) is 5.25. The van der Waals surface area contributed by atoms with Crippen molar-refractivity contribution in [2.24, 2.45) is 5.73 Å². The molecule has 1 aromatic carbocycles. The molecule has 1 aliphatic heterocycles. The van der Waals surface area contributed by atoms with E-state index in [0.29, 0.717) is 5.69 Å². The fourth-order valence-corrected chi connectivity index (χ4v) is 2.28. The lowest BCUT2D eigenvalue weighted by Crippen LogP contribution is -2.51. The van der Waals surface area contributed by atoms with Crippen molar-refractivity contribution in [3.63, 3.8) is 0 Å². The number of piperazine rings is 1. The van der Waals surface area contributed by atoms with Gasteiger partial charge in [0.25, 0.3) is 0 Å². The van der Waals surface area contributed by atoms with Gasteiger partial charge in [-0.1, -0.05) is 12.1 Å². The number of carbonyl (C=O) groups is 1. The molecule has 110 valence electrons. The van der Waals surface area contributed by atoms with Gasteiger partial charge < -0.3 is 16.0 Å². The highest BCUT2D eigenvalue weighted by atomic mass is 16.2. The Labute approximate surface area is 119 Å². The zero-order chi connectivity index (χ0) is 14.5. The highest BCUT2D eigenvalue weighted by Crippen LogP contribution is 2.16. The van der Waals surface area contributed by atoms with Gasteiger partial charge in [0, 0.05) is 37.9 Å². The van der Waals surface area contributed by atoms with Gasteiger partial charge in [-0.05, 0) is 31.7 Å². The SMILES string of the molecule is CC(NN1CCN(C)CC1)c1ccc(NC(N)=O)cc1. The number of likely N-dealkylation sites (N-methyl/N-ethyl adjacent to an activating group) is 1. The van der Waals surface area contributed by atoms with Gasteiger partial charge >= 0.3 is 6.03 Å². The van der Waals surface area contributed by atoms with Gasteiger partial charge in [-0.3, -0.25) is 0 Å². The first-order valence-electron chi connectivity index (χ1n) is 6.90. The van der Waals surface area contributed by atoms with Gasteiger partial charge in [0.2, 0.25) is 0 Å². The van der Waals surface area contributed by atoms with Crippen LogP contribution in [0.25, 0.3) is 0 Å². The van der Waals surface area contributed by atoms with Crippen molar-refractivity contribution in [1.29, 1.82) is 0 Å². The maximum absolute atomic E-state index is 10.8. The van der Waals surface area contributed by atoms with Crippen LogP contribution in [0.3, 0.4) is 0 Å². The molecule has 0 bridgehead atoms. The summed E-state index contributed by atoms with van der Waals surface area (Å²) in [5.41, 5.74) is 10.5. The van der Waals surface area contributed by atoms with Crippen LogP contribution < -0.4 is 16.5 Å². The fraction of sp³-hybridized carbons (Fsp3) is 0.500. The van der Waals surface area contributed by atoms with Gasteiger partial charge in [-0.2, -0.15) is 0 Å². The van der Waals surface area contributed by atoms with Crippen molar-refractivity contribution < 1.29 is 4.79 Å². The third kappa shape index (κ3) is 4.19. The Balaban J connectivity index is 1.88. The standard InChI is InChI=1S/C14H23N5O/c1-11(17-19-9-7-18(2)8-10-19)12-3-5-13(6-4-12)16-14(15)20/h3-6,11,17H,7-10H2,1-2H3,(H3,15,16,20). The molecule has 0 radical (unpaired) electrons. The summed E-state index contributed by atoms with van der Waals surface area (Å²) in [6, 6.07) is 7.42. The molecular weight excluding hydrogens is 254 g/mol. The molecule has 20 heavy (non-hydrogen) atoms. The number of carbonyl (C=O) groups excluding carboxylic acids is 1. The molecule has 2 rings (SSSR count). The first-order chi connectivity index (χ1) is 9.54. The molecule has 2 amide bonds. The van der Waals surface area contributed by atoms with Gasteiger partial charge in [0.05, 0.1) is 0 Å². The number of hydrazine groups is 1. The minimum absolute atomic E-state index is 0.237. The highest BCUT2D eigenvalue weighted by Gasteiger charge is 2.16. The number of amides is 2. The van der Waals surface area contributed by atoms with E-state index in [1.54, 1.807) is 0 Å². The molecule has 1 heterocycles. The number of nitrogens with zero attached hydrogens (tertiary/aromatic N) is 2.